The van der Waals surface area contributed by atoms with Crippen LogP contribution in [0.3, 0.4) is 0 Å². The number of thiazole rings is 1. The van der Waals surface area contributed by atoms with Crippen LogP contribution in [0.15, 0.2) is 36.4 Å². The summed E-state index contributed by atoms with van der Waals surface area (Å²) >= 11 is 1.48. The molecule has 3 heterocycles. The van der Waals surface area contributed by atoms with Crippen molar-refractivity contribution < 1.29 is 23.7 Å². The molecule has 5 rings (SSSR count). The van der Waals surface area contributed by atoms with Crippen LogP contribution in [-0.4, -0.2) is 43.5 Å². The zero-order chi connectivity index (χ0) is 20.5. The molecule has 1 aromatic heterocycles. The molecule has 8 heteroatoms. The number of ether oxygens (including phenoxy) is 4. The lowest BCUT2D eigenvalue weighted by Crippen LogP contribution is -2.37. The number of benzene rings is 2. The SMILES string of the molecule is CCOc1ccc2nc(N(CC3CCCO3)C(=O)c3ccc4c(c3)OCO4)sc2c1. The quantitative estimate of drug-likeness (QED) is 0.587. The number of nitrogens with zero attached hydrogens (tertiary/aromatic N) is 2. The van der Waals surface area contributed by atoms with E-state index in [-0.39, 0.29) is 18.8 Å². The Morgan fingerprint density at radius 1 is 1.23 bits per heavy atom. The van der Waals surface area contributed by atoms with Gasteiger partial charge in [-0.25, -0.2) is 4.98 Å². The molecule has 1 unspecified atom stereocenters. The summed E-state index contributed by atoms with van der Waals surface area (Å²) in [5.74, 6) is 1.91. The molecular formula is C22H22N2O5S. The first-order chi connectivity index (χ1) is 14.7. The molecule has 0 bridgehead atoms. The summed E-state index contributed by atoms with van der Waals surface area (Å²) in [6.45, 7) is 3.92. The van der Waals surface area contributed by atoms with Crippen LogP contribution < -0.4 is 19.1 Å². The number of hydrogen-bond acceptors (Lipinski definition) is 7. The Kier molecular flexibility index (Phi) is 5.18. The summed E-state index contributed by atoms with van der Waals surface area (Å²) in [5, 5.41) is 0.650. The van der Waals surface area contributed by atoms with Crippen molar-refractivity contribution in [3.63, 3.8) is 0 Å². The topological polar surface area (TPSA) is 70.1 Å². The van der Waals surface area contributed by atoms with Gasteiger partial charge in [-0.1, -0.05) is 11.3 Å². The molecule has 1 atom stereocenters. The lowest BCUT2D eigenvalue weighted by atomic mass is 10.1. The summed E-state index contributed by atoms with van der Waals surface area (Å²) in [5.41, 5.74) is 1.38. The van der Waals surface area contributed by atoms with E-state index in [4.69, 9.17) is 23.9 Å². The lowest BCUT2D eigenvalue weighted by Gasteiger charge is -2.23. The number of aromatic nitrogens is 1. The van der Waals surface area contributed by atoms with Gasteiger partial charge in [0, 0.05) is 12.2 Å². The Balaban J connectivity index is 1.49. The maximum absolute atomic E-state index is 13.5. The Morgan fingerprint density at radius 3 is 2.97 bits per heavy atom. The van der Waals surface area contributed by atoms with Crippen molar-refractivity contribution in [1.82, 2.24) is 4.98 Å². The van der Waals surface area contributed by atoms with Crippen LogP contribution in [0.1, 0.15) is 30.1 Å². The molecule has 2 aliphatic rings. The van der Waals surface area contributed by atoms with Crippen LogP contribution in [0.2, 0.25) is 0 Å². The van der Waals surface area contributed by atoms with Crippen molar-refractivity contribution in [2.24, 2.45) is 0 Å². The van der Waals surface area contributed by atoms with Gasteiger partial charge in [-0.3, -0.25) is 9.69 Å². The highest BCUT2D eigenvalue weighted by Gasteiger charge is 2.28. The highest BCUT2D eigenvalue weighted by molar-refractivity contribution is 7.22. The van der Waals surface area contributed by atoms with Gasteiger partial charge in [0.25, 0.3) is 5.91 Å². The highest BCUT2D eigenvalue weighted by Crippen LogP contribution is 2.35. The number of amides is 1. The van der Waals surface area contributed by atoms with E-state index in [0.29, 0.717) is 35.3 Å². The molecule has 156 valence electrons. The third-order valence-corrected chi connectivity index (χ3v) is 6.21. The van der Waals surface area contributed by atoms with Gasteiger partial charge in [-0.2, -0.15) is 0 Å². The van der Waals surface area contributed by atoms with E-state index in [1.165, 1.54) is 11.3 Å². The number of fused-ring (bicyclic) bond motifs is 2. The highest BCUT2D eigenvalue weighted by atomic mass is 32.1. The maximum Gasteiger partial charge on any atom is 0.260 e. The number of anilines is 1. The molecule has 0 spiro atoms. The third-order valence-electron chi connectivity index (χ3n) is 5.17. The van der Waals surface area contributed by atoms with Gasteiger partial charge in [-0.05, 0) is 56.2 Å². The summed E-state index contributed by atoms with van der Waals surface area (Å²) in [6.07, 6.45) is 1.95. The number of carbonyl (C=O) groups excluding carboxylic acids is 1. The second-order valence-electron chi connectivity index (χ2n) is 7.18. The van der Waals surface area contributed by atoms with Crippen molar-refractivity contribution in [3.05, 3.63) is 42.0 Å². The molecule has 2 aromatic carbocycles. The Morgan fingerprint density at radius 2 is 2.13 bits per heavy atom. The first-order valence-electron chi connectivity index (χ1n) is 10.1. The molecular weight excluding hydrogens is 404 g/mol. The van der Waals surface area contributed by atoms with E-state index in [2.05, 4.69) is 0 Å². The van der Waals surface area contributed by atoms with E-state index in [0.717, 1.165) is 35.4 Å². The summed E-state index contributed by atoms with van der Waals surface area (Å²) in [4.78, 5) is 19.9. The predicted octanol–water partition coefficient (Wildman–Crippen LogP) is 4.25. The fourth-order valence-corrected chi connectivity index (χ4v) is 4.69. The minimum absolute atomic E-state index is 0.00829. The fourth-order valence-electron chi connectivity index (χ4n) is 3.69. The van der Waals surface area contributed by atoms with Gasteiger partial charge in [0.2, 0.25) is 6.79 Å². The van der Waals surface area contributed by atoms with E-state index in [1.807, 2.05) is 25.1 Å². The molecule has 1 amide bonds. The number of hydrogen-bond donors (Lipinski definition) is 0. The smallest absolute Gasteiger partial charge is 0.260 e. The Bertz CT molecular complexity index is 1080. The number of carbonyl (C=O) groups is 1. The second-order valence-corrected chi connectivity index (χ2v) is 8.19. The molecule has 1 saturated heterocycles. The molecule has 7 nitrogen and oxygen atoms in total. The van der Waals surface area contributed by atoms with Crippen molar-refractivity contribution in [2.75, 3.05) is 31.5 Å². The first kappa shape index (κ1) is 19.1. The lowest BCUT2D eigenvalue weighted by molar-refractivity contribution is 0.0917. The molecule has 0 aliphatic carbocycles. The van der Waals surface area contributed by atoms with E-state index in [9.17, 15) is 4.79 Å². The van der Waals surface area contributed by atoms with Crippen LogP contribution in [0.5, 0.6) is 17.2 Å². The van der Waals surface area contributed by atoms with E-state index < -0.39 is 0 Å². The molecule has 0 saturated carbocycles. The number of rotatable bonds is 6. The van der Waals surface area contributed by atoms with Gasteiger partial charge >= 0.3 is 0 Å². The van der Waals surface area contributed by atoms with Gasteiger partial charge in [-0.15, -0.1) is 0 Å². The van der Waals surface area contributed by atoms with Crippen LogP contribution in [0.4, 0.5) is 5.13 Å². The average molecular weight is 426 g/mol. The van der Waals surface area contributed by atoms with Crippen LogP contribution in [0.25, 0.3) is 10.2 Å². The predicted molar refractivity (Wildman–Crippen MR) is 114 cm³/mol. The van der Waals surface area contributed by atoms with Gasteiger partial charge in [0.1, 0.15) is 5.75 Å². The second kappa shape index (κ2) is 8.12. The monoisotopic (exact) mass is 426 g/mol. The van der Waals surface area contributed by atoms with Crippen LogP contribution in [-0.2, 0) is 4.74 Å². The van der Waals surface area contributed by atoms with Gasteiger partial charge in [0.15, 0.2) is 16.6 Å². The standard InChI is InChI=1S/C22H22N2O5S/c1-2-26-15-6-7-17-20(11-15)30-22(23-17)24(12-16-4-3-9-27-16)21(25)14-5-8-18-19(10-14)29-13-28-18/h5-8,10-11,16H,2-4,9,12-13H2,1H3. The average Bonchev–Trinajstić information content (AvgIpc) is 3.51. The Hall–Kier alpha value is -2.84. The first-order valence-corrected chi connectivity index (χ1v) is 10.9. The Labute approximate surface area is 178 Å². The molecule has 3 aromatic rings. The van der Waals surface area contributed by atoms with Crippen molar-refractivity contribution >= 4 is 32.6 Å². The molecule has 1 fully saturated rings. The normalized spacial score (nSPS) is 17.4. The maximum atomic E-state index is 13.5. The fraction of sp³-hybridized carbons (Fsp3) is 0.364. The van der Waals surface area contributed by atoms with E-state index >= 15 is 0 Å². The zero-order valence-electron chi connectivity index (χ0n) is 16.6. The molecule has 0 radical (unpaired) electrons. The largest absolute Gasteiger partial charge is 0.494 e. The summed E-state index contributed by atoms with van der Waals surface area (Å²) in [6, 6.07) is 11.1. The van der Waals surface area contributed by atoms with Gasteiger partial charge in [0.05, 0.1) is 29.5 Å². The van der Waals surface area contributed by atoms with Crippen molar-refractivity contribution in [1.29, 1.82) is 0 Å². The third kappa shape index (κ3) is 3.68. The minimum Gasteiger partial charge on any atom is -0.494 e. The molecule has 30 heavy (non-hydrogen) atoms. The summed E-state index contributed by atoms with van der Waals surface area (Å²) < 4.78 is 23.2. The minimum atomic E-state index is -0.132. The van der Waals surface area contributed by atoms with E-state index in [1.54, 1.807) is 23.1 Å². The van der Waals surface area contributed by atoms with Crippen LogP contribution in [0, 0.1) is 0 Å². The van der Waals surface area contributed by atoms with Crippen molar-refractivity contribution in [3.8, 4) is 17.2 Å². The molecule has 2 aliphatic heterocycles. The zero-order valence-corrected chi connectivity index (χ0v) is 17.4. The van der Waals surface area contributed by atoms with Crippen molar-refractivity contribution in [2.45, 2.75) is 25.9 Å². The van der Waals surface area contributed by atoms with Gasteiger partial charge < -0.3 is 18.9 Å². The molecule has 0 N–H and O–H groups in total. The van der Waals surface area contributed by atoms with Crippen LogP contribution >= 0.6 is 11.3 Å². The summed E-state index contributed by atoms with van der Waals surface area (Å²) in [7, 11) is 0.